The van der Waals surface area contributed by atoms with Gasteiger partial charge in [0, 0.05) is 43.8 Å². The van der Waals surface area contributed by atoms with Crippen molar-refractivity contribution in [3.63, 3.8) is 0 Å². The van der Waals surface area contributed by atoms with E-state index in [1.807, 2.05) is 46.8 Å². The minimum absolute atomic E-state index is 0.00944. The van der Waals surface area contributed by atoms with Crippen LogP contribution in [0.25, 0.3) is 11.0 Å². The van der Waals surface area contributed by atoms with Gasteiger partial charge >= 0.3 is 0 Å². The van der Waals surface area contributed by atoms with Crippen LogP contribution >= 0.6 is 11.3 Å². The molecule has 0 atom stereocenters. The second-order valence-corrected chi connectivity index (χ2v) is 8.32. The molecule has 0 saturated heterocycles. The van der Waals surface area contributed by atoms with Crippen molar-refractivity contribution in [3.8, 4) is 0 Å². The molecule has 0 aliphatic carbocycles. The second kappa shape index (κ2) is 8.33. The molecule has 5 rings (SSSR count). The number of thiazole rings is 1. The molecule has 0 radical (unpaired) electrons. The smallest absolute Gasteiger partial charge is 0.273 e. The van der Waals surface area contributed by atoms with Gasteiger partial charge in [-0.1, -0.05) is 12.1 Å². The van der Waals surface area contributed by atoms with Crippen molar-refractivity contribution in [2.75, 3.05) is 13.1 Å². The first kappa shape index (κ1) is 18.9. The van der Waals surface area contributed by atoms with E-state index in [2.05, 4.69) is 25.3 Å². The van der Waals surface area contributed by atoms with E-state index >= 15 is 0 Å². The number of carbonyl (C=O) groups excluding carboxylic acids is 1. The van der Waals surface area contributed by atoms with Crippen LogP contribution in [0.5, 0.6) is 0 Å². The number of H-pyrrole nitrogens is 1. The summed E-state index contributed by atoms with van der Waals surface area (Å²) < 4.78 is 0. The molecule has 4 heterocycles. The third-order valence-electron chi connectivity index (χ3n) is 5.32. The number of benzene rings is 1. The summed E-state index contributed by atoms with van der Waals surface area (Å²) in [4.78, 5) is 31.4. The van der Waals surface area contributed by atoms with Gasteiger partial charge < -0.3 is 15.2 Å². The Hall–Kier alpha value is -3.10. The second-order valence-electron chi connectivity index (χ2n) is 7.38. The Kier molecular flexibility index (Phi) is 5.25. The van der Waals surface area contributed by atoms with Crippen molar-refractivity contribution in [1.82, 2.24) is 30.2 Å². The highest BCUT2D eigenvalue weighted by molar-refractivity contribution is 7.09. The molecule has 0 saturated carbocycles. The van der Waals surface area contributed by atoms with Crippen molar-refractivity contribution >= 4 is 28.3 Å². The average Bonchev–Trinajstić information content (AvgIpc) is 3.42. The Morgan fingerprint density at radius 2 is 2.13 bits per heavy atom. The summed E-state index contributed by atoms with van der Waals surface area (Å²) in [5.41, 5.74) is 4.98. The fraction of sp³-hybridized carbons (Fsp3) is 0.273. The van der Waals surface area contributed by atoms with Crippen LogP contribution in [-0.4, -0.2) is 43.8 Å². The van der Waals surface area contributed by atoms with Gasteiger partial charge in [0.05, 0.1) is 22.6 Å². The maximum atomic E-state index is 12.8. The monoisotopic (exact) mass is 418 g/mol. The number of aromatic nitrogens is 4. The van der Waals surface area contributed by atoms with E-state index in [0.717, 1.165) is 41.3 Å². The predicted molar refractivity (Wildman–Crippen MR) is 116 cm³/mol. The highest BCUT2D eigenvalue weighted by Gasteiger charge is 2.23. The van der Waals surface area contributed by atoms with Gasteiger partial charge in [-0.15, -0.1) is 11.3 Å². The van der Waals surface area contributed by atoms with Crippen molar-refractivity contribution in [3.05, 3.63) is 75.8 Å². The molecule has 4 aromatic rings. The van der Waals surface area contributed by atoms with Crippen LogP contribution in [-0.2, 0) is 25.9 Å². The van der Waals surface area contributed by atoms with Crippen molar-refractivity contribution < 1.29 is 4.79 Å². The van der Waals surface area contributed by atoms with E-state index in [1.165, 1.54) is 11.1 Å². The highest BCUT2D eigenvalue weighted by atomic mass is 32.1. The molecule has 0 fully saturated rings. The molecule has 0 spiro atoms. The maximum absolute atomic E-state index is 12.8. The SMILES string of the molecule is O=C(c1csc(CCNCc2nc3ccccc3[nH]2)n1)N1CCc2cnccc2C1. The molecular weight excluding hydrogens is 396 g/mol. The molecule has 30 heavy (non-hydrogen) atoms. The standard InChI is InChI=1S/C22H22N6OS/c29-22(28-10-7-15-11-23-8-5-16(15)13-28)19-14-30-21(27-19)6-9-24-12-20-25-17-3-1-2-4-18(17)26-20/h1-5,8,11,14,24H,6-7,9-10,12-13H2,(H,25,26). The number of nitrogens with zero attached hydrogens (tertiary/aromatic N) is 4. The minimum atomic E-state index is 0.00944. The Labute approximate surface area is 178 Å². The van der Waals surface area contributed by atoms with Crippen molar-refractivity contribution in [2.24, 2.45) is 0 Å². The normalized spacial score (nSPS) is 13.5. The molecule has 1 amide bonds. The number of pyridine rings is 1. The summed E-state index contributed by atoms with van der Waals surface area (Å²) in [6.45, 7) is 2.79. The van der Waals surface area contributed by atoms with Gasteiger partial charge in [-0.25, -0.2) is 9.97 Å². The third-order valence-corrected chi connectivity index (χ3v) is 6.23. The number of amides is 1. The van der Waals surface area contributed by atoms with E-state index in [0.29, 0.717) is 25.3 Å². The largest absolute Gasteiger partial charge is 0.341 e. The topological polar surface area (TPSA) is 86.8 Å². The van der Waals surface area contributed by atoms with Gasteiger partial charge in [-0.05, 0) is 35.7 Å². The summed E-state index contributed by atoms with van der Waals surface area (Å²) in [5, 5.41) is 6.24. The molecule has 0 unspecified atom stereocenters. The van der Waals surface area contributed by atoms with Gasteiger partial charge in [0.1, 0.15) is 11.5 Å². The molecule has 7 nitrogen and oxygen atoms in total. The van der Waals surface area contributed by atoms with Crippen LogP contribution < -0.4 is 5.32 Å². The summed E-state index contributed by atoms with van der Waals surface area (Å²) in [7, 11) is 0. The zero-order valence-corrected chi connectivity index (χ0v) is 17.3. The minimum Gasteiger partial charge on any atom is -0.341 e. The van der Waals surface area contributed by atoms with Crippen LogP contribution in [0, 0.1) is 0 Å². The van der Waals surface area contributed by atoms with Crippen LogP contribution in [0.3, 0.4) is 0 Å². The molecule has 8 heteroatoms. The zero-order valence-electron chi connectivity index (χ0n) is 16.5. The number of nitrogens with one attached hydrogen (secondary N) is 2. The van der Waals surface area contributed by atoms with Crippen LogP contribution in [0.4, 0.5) is 0 Å². The number of rotatable bonds is 6. The van der Waals surface area contributed by atoms with Gasteiger partial charge in [-0.2, -0.15) is 0 Å². The van der Waals surface area contributed by atoms with Gasteiger partial charge in [0.2, 0.25) is 0 Å². The number of para-hydroxylation sites is 2. The molecule has 152 valence electrons. The quantitative estimate of drug-likeness (QED) is 0.470. The van der Waals surface area contributed by atoms with E-state index in [-0.39, 0.29) is 5.91 Å². The Morgan fingerprint density at radius 1 is 1.20 bits per heavy atom. The number of carbonyl (C=O) groups is 1. The Bertz CT molecular complexity index is 1150. The Morgan fingerprint density at radius 3 is 3.07 bits per heavy atom. The lowest BCUT2D eigenvalue weighted by Gasteiger charge is -2.27. The van der Waals surface area contributed by atoms with Gasteiger partial charge in [0.15, 0.2) is 0 Å². The van der Waals surface area contributed by atoms with Crippen molar-refractivity contribution in [1.29, 1.82) is 0 Å². The van der Waals surface area contributed by atoms with E-state index in [9.17, 15) is 4.79 Å². The van der Waals surface area contributed by atoms with E-state index in [4.69, 9.17) is 0 Å². The van der Waals surface area contributed by atoms with E-state index < -0.39 is 0 Å². The molecule has 1 aliphatic heterocycles. The van der Waals surface area contributed by atoms with Crippen molar-refractivity contribution in [2.45, 2.75) is 25.9 Å². The average molecular weight is 419 g/mol. The fourth-order valence-corrected chi connectivity index (χ4v) is 4.50. The molecule has 0 bridgehead atoms. The summed E-state index contributed by atoms with van der Waals surface area (Å²) >= 11 is 1.55. The number of fused-ring (bicyclic) bond motifs is 2. The zero-order chi connectivity index (χ0) is 20.3. The summed E-state index contributed by atoms with van der Waals surface area (Å²) in [6.07, 6.45) is 5.31. The highest BCUT2D eigenvalue weighted by Crippen LogP contribution is 2.20. The number of hydrogen-bond donors (Lipinski definition) is 2. The first-order valence-corrected chi connectivity index (χ1v) is 10.9. The molecule has 2 N–H and O–H groups in total. The van der Waals surface area contributed by atoms with Crippen LogP contribution in [0.15, 0.2) is 48.1 Å². The summed E-state index contributed by atoms with van der Waals surface area (Å²) in [5.74, 6) is 0.932. The maximum Gasteiger partial charge on any atom is 0.273 e. The number of imidazole rings is 1. The molecule has 1 aromatic carbocycles. The number of aromatic amines is 1. The first-order chi connectivity index (χ1) is 14.8. The van der Waals surface area contributed by atoms with Crippen LogP contribution in [0.1, 0.15) is 32.4 Å². The lowest BCUT2D eigenvalue weighted by molar-refractivity contribution is 0.0729. The first-order valence-electron chi connectivity index (χ1n) is 10.1. The summed E-state index contributed by atoms with van der Waals surface area (Å²) in [6, 6.07) is 10.0. The lowest BCUT2D eigenvalue weighted by atomic mass is 10.0. The predicted octanol–water partition coefficient (Wildman–Crippen LogP) is 2.95. The van der Waals surface area contributed by atoms with E-state index in [1.54, 1.807) is 17.5 Å². The Balaban J connectivity index is 1.13. The lowest BCUT2D eigenvalue weighted by Crippen LogP contribution is -2.36. The third kappa shape index (κ3) is 3.96. The molecule has 3 aromatic heterocycles. The van der Waals surface area contributed by atoms with Gasteiger partial charge in [-0.3, -0.25) is 9.78 Å². The van der Waals surface area contributed by atoms with Gasteiger partial charge in [0.25, 0.3) is 5.91 Å². The molecule has 1 aliphatic rings. The van der Waals surface area contributed by atoms with Crippen LogP contribution in [0.2, 0.25) is 0 Å². The fourth-order valence-electron chi connectivity index (χ4n) is 3.73. The molecular formula is C22H22N6OS. The number of hydrogen-bond acceptors (Lipinski definition) is 6.